The molecule has 3 aromatic rings. The van der Waals surface area contributed by atoms with E-state index < -0.39 is 0 Å². The van der Waals surface area contributed by atoms with E-state index in [2.05, 4.69) is 79.6 Å². The van der Waals surface area contributed by atoms with Crippen molar-refractivity contribution in [2.45, 2.75) is 6.54 Å². The van der Waals surface area contributed by atoms with E-state index in [4.69, 9.17) is 0 Å². The molecule has 0 saturated carbocycles. The van der Waals surface area contributed by atoms with Crippen molar-refractivity contribution in [3.8, 4) is 10.4 Å². The van der Waals surface area contributed by atoms with Gasteiger partial charge < -0.3 is 5.32 Å². The number of halogens is 2. The van der Waals surface area contributed by atoms with E-state index in [0.29, 0.717) is 0 Å². The van der Waals surface area contributed by atoms with Crippen LogP contribution in [0.4, 0.5) is 5.69 Å². The van der Waals surface area contributed by atoms with Crippen molar-refractivity contribution in [2.24, 2.45) is 0 Å². The first-order valence-corrected chi connectivity index (χ1v) is 8.96. The van der Waals surface area contributed by atoms with Gasteiger partial charge in [-0.2, -0.15) is 0 Å². The number of nitrogens with one attached hydrogen (secondary N) is 1. The molecule has 0 aliphatic heterocycles. The summed E-state index contributed by atoms with van der Waals surface area (Å²) in [5, 5.41) is 3.47. The molecular formula is C17H13Br2NS. The smallest absolute Gasteiger partial charge is 0.0498 e. The highest BCUT2D eigenvalue weighted by Gasteiger charge is 2.04. The van der Waals surface area contributed by atoms with E-state index in [1.54, 1.807) is 0 Å². The Bertz CT molecular complexity index is 738. The summed E-state index contributed by atoms with van der Waals surface area (Å²) < 4.78 is 2.15. The standard InChI is InChI=1S/C17H13Br2NS/c18-13-6-8-15(19)16(10-13)20-11-14-7-9-17(21-14)12-4-2-1-3-5-12/h1-10,20H,11H2. The average Bonchev–Trinajstić information content (AvgIpc) is 2.98. The Morgan fingerprint density at radius 3 is 2.52 bits per heavy atom. The zero-order chi connectivity index (χ0) is 14.7. The van der Waals surface area contributed by atoms with Crippen LogP contribution in [-0.2, 0) is 6.54 Å². The summed E-state index contributed by atoms with van der Waals surface area (Å²) in [5.41, 5.74) is 2.37. The quantitative estimate of drug-likeness (QED) is 0.502. The SMILES string of the molecule is Brc1ccc(Br)c(NCc2ccc(-c3ccccc3)s2)c1. The van der Waals surface area contributed by atoms with E-state index >= 15 is 0 Å². The Labute approximate surface area is 145 Å². The highest BCUT2D eigenvalue weighted by molar-refractivity contribution is 9.11. The molecule has 0 atom stereocenters. The fraction of sp³-hybridized carbons (Fsp3) is 0.0588. The summed E-state index contributed by atoms with van der Waals surface area (Å²) in [6, 6.07) is 21.0. The molecule has 4 heteroatoms. The molecular weight excluding hydrogens is 410 g/mol. The van der Waals surface area contributed by atoms with Crippen molar-refractivity contribution in [2.75, 3.05) is 5.32 Å². The van der Waals surface area contributed by atoms with E-state index in [0.717, 1.165) is 21.2 Å². The fourth-order valence-corrected chi connectivity index (χ4v) is 3.75. The van der Waals surface area contributed by atoms with Crippen molar-refractivity contribution in [3.63, 3.8) is 0 Å². The van der Waals surface area contributed by atoms with Crippen LogP contribution in [0, 0.1) is 0 Å². The van der Waals surface area contributed by atoms with Crippen molar-refractivity contribution in [3.05, 3.63) is 74.5 Å². The minimum atomic E-state index is 0.826. The topological polar surface area (TPSA) is 12.0 Å². The number of benzene rings is 2. The summed E-state index contributed by atoms with van der Waals surface area (Å²) >= 11 is 8.89. The number of hydrogen-bond acceptors (Lipinski definition) is 2. The second-order valence-corrected chi connectivity index (χ2v) is 7.55. The molecule has 1 aromatic heterocycles. The lowest BCUT2D eigenvalue weighted by Crippen LogP contribution is -1.97. The molecule has 106 valence electrons. The number of hydrogen-bond donors (Lipinski definition) is 1. The van der Waals surface area contributed by atoms with Crippen molar-refractivity contribution in [1.29, 1.82) is 0 Å². The minimum Gasteiger partial charge on any atom is -0.379 e. The Kier molecular flexibility index (Phi) is 4.78. The summed E-state index contributed by atoms with van der Waals surface area (Å²) in [4.78, 5) is 2.63. The van der Waals surface area contributed by atoms with Crippen LogP contribution in [0.2, 0.25) is 0 Å². The van der Waals surface area contributed by atoms with Crippen LogP contribution in [0.3, 0.4) is 0 Å². The predicted octanol–water partition coefficient (Wildman–Crippen LogP) is 6.55. The Morgan fingerprint density at radius 2 is 1.71 bits per heavy atom. The van der Waals surface area contributed by atoms with E-state index in [1.807, 2.05) is 29.5 Å². The molecule has 0 spiro atoms. The molecule has 1 heterocycles. The van der Waals surface area contributed by atoms with Crippen LogP contribution < -0.4 is 5.32 Å². The lowest BCUT2D eigenvalue weighted by atomic mass is 10.2. The Hall–Kier alpha value is -1.10. The third kappa shape index (κ3) is 3.76. The van der Waals surface area contributed by atoms with Gasteiger partial charge in [0.1, 0.15) is 0 Å². The van der Waals surface area contributed by atoms with E-state index in [1.165, 1.54) is 15.3 Å². The second-order valence-electron chi connectivity index (χ2n) is 4.61. The van der Waals surface area contributed by atoms with Crippen molar-refractivity contribution in [1.82, 2.24) is 0 Å². The number of rotatable bonds is 4. The summed E-state index contributed by atoms with van der Waals surface area (Å²) in [7, 11) is 0. The van der Waals surface area contributed by atoms with Gasteiger partial charge in [0.2, 0.25) is 0 Å². The van der Waals surface area contributed by atoms with Gasteiger partial charge in [-0.15, -0.1) is 11.3 Å². The molecule has 1 N–H and O–H groups in total. The van der Waals surface area contributed by atoms with Gasteiger partial charge in [0.15, 0.2) is 0 Å². The number of anilines is 1. The maximum atomic E-state index is 3.57. The largest absolute Gasteiger partial charge is 0.379 e. The third-order valence-electron chi connectivity index (χ3n) is 3.10. The van der Waals surface area contributed by atoms with E-state index in [9.17, 15) is 0 Å². The second kappa shape index (κ2) is 6.77. The third-order valence-corrected chi connectivity index (χ3v) is 5.42. The molecule has 0 fully saturated rings. The van der Waals surface area contributed by atoms with Crippen LogP contribution in [0.1, 0.15) is 4.88 Å². The van der Waals surface area contributed by atoms with E-state index in [-0.39, 0.29) is 0 Å². The maximum absolute atomic E-state index is 3.57. The highest BCUT2D eigenvalue weighted by Crippen LogP contribution is 2.30. The molecule has 0 amide bonds. The molecule has 2 aromatic carbocycles. The molecule has 0 unspecified atom stereocenters. The summed E-state index contributed by atoms with van der Waals surface area (Å²) in [5.74, 6) is 0. The van der Waals surface area contributed by atoms with Crippen LogP contribution in [-0.4, -0.2) is 0 Å². The summed E-state index contributed by atoms with van der Waals surface area (Å²) in [6.45, 7) is 0.826. The minimum absolute atomic E-state index is 0.826. The highest BCUT2D eigenvalue weighted by atomic mass is 79.9. The van der Waals surface area contributed by atoms with Gasteiger partial charge in [0.05, 0.1) is 0 Å². The molecule has 3 rings (SSSR count). The number of thiophene rings is 1. The zero-order valence-corrected chi connectivity index (χ0v) is 15.1. The normalized spacial score (nSPS) is 10.6. The van der Waals surface area contributed by atoms with Crippen LogP contribution in [0.5, 0.6) is 0 Å². The van der Waals surface area contributed by atoms with Gasteiger partial charge in [-0.3, -0.25) is 0 Å². The lowest BCUT2D eigenvalue weighted by molar-refractivity contribution is 1.19. The molecule has 0 aliphatic carbocycles. The molecule has 0 saturated heterocycles. The van der Waals surface area contributed by atoms with Crippen LogP contribution in [0.25, 0.3) is 10.4 Å². The first-order valence-electron chi connectivity index (χ1n) is 6.55. The zero-order valence-electron chi connectivity index (χ0n) is 11.1. The first kappa shape index (κ1) is 14.8. The average molecular weight is 423 g/mol. The Balaban J connectivity index is 1.72. The van der Waals surface area contributed by atoms with Gasteiger partial charge >= 0.3 is 0 Å². The first-order chi connectivity index (χ1) is 10.2. The molecule has 0 radical (unpaired) electrons. The monoisotopic (exact) mass is 421 g/mol. The van der Waals surface area contributed by atoms with Crippen molar-refractivity contribution >= 4 is 48.9 Å². The van der Waals surface area contributed by atoms with Gasteiger partial charge in [0, 0.05) is 30.9 Å². The summed E-state index contributed by atoms with van der Waals surface area (Å²) in [6.07, 6.45) is 0. The van der Waals surface area contributed by atoms with Gasteiger partial charge in [-0.1, -0.05) is 46.3 Å². The molecule has 1 nitrogen and oxygen atoms in total. The molecule has 21 heavy (non-hydrogen) atoms. The van der Waals surface area contributed by atoms with Crippen molar-refractivity contribution < 1.29 is 0 Å². The maximum Gasteiger partial charge on any atom is 0.0498 e. The fourth-order valence-electron chi connectivity index (χ4n) is 2.05. The molecule has 0 aliphatic rings. The Morgan fingerprint density at radius 1 is 0.905 bits per heavy atom. The molecule has 0 bridgehead atoms. The predicted molar refractivity (Wildman–Crippen MR) is 98.9 cm³/mol. The van der Waals surface area contributed by atoms with Gasteiger partial charge in [0.25, 0.3) is 0 Å². The van der Waals surface area contributed by atoms with Crippen LogP contribution in [0.15, 0.2) is 69.6 Å². The van der Waals surface area contributed by atoms with Gasteiger partial charge in [-0.05, 0) is 51.8 Å². The van der Waals surface area contributed by atoms with Gasteiger partial charge in [-0.25, -0.2) is 0 Å². The lowest BCUT2D eigenvalue weighted by Gasteiger charge is -2.07. The van der Waals surface area contributed by atoms with Crippen LogP contribution >= 0.6 is 43.2 Å².